The van der Waals surface area contributed by atoms with Crippen molar-refractivity contribution in [2.24, 2.45) is 0 Å². The largest absolute Gasteiger partial charge is 2.00 e. The Balaban J connectivity index is -0.0000000208. The zero-order valence-corrected chi connectivity index (χ0v) is 7.62. The SMILES string of the molecule is CCCCCO.Cl.[H-].[H-].[Mg+2]. The van der Waals surface area contributed by atoms with Crippen LogP contribution in [-0.2, 0) is 0 Å². The Morgan fingerprint density at radius 1 is 1.38 bits per heavy atom. The molecule has 0 heterocycles. The molecule has 1 N–H and O–H groups in total. The minimum absolute atomic E-state index is 0. The molecule has 0 rings (SSSR count). The summed E-state index contributed by atoms with van der Waals surface area (Å²) in [5.41, 5.74) is 0. The number of halogens is 1. The van der Waals surface area contributed by atoms with Crippen LogP contribution >= 0.6 is 12.4 Å². The van der Waals surface area contributed by atoms with E-state index >= 15 is 0 Å². The second-order valence-electron chi connectivity index (χ2n) is 1.43. The van der Waals surface area contributed by atoms with Crippen LogP contribution in [0, 0.1) is 0 Å². The number of aliphatic hydroxyl groups is 1. The predicted octanol–water partition coefficient (Wildman–Crippen LogP) is 1.43. The molecule has 0 fully saturated rings. The average molecular weight is 151 g/mol. The van der Waals surface area contributed by atoms with Gasteiger partial charge < -0.3 is 7.96 Å². The molecular weight excluding hydrogens is 136 g/mol. The van der Waals surface area contributed by atoms with Gasteiger partial charge in [0.1, 0.15) is 0 Å². The van der Waals surface area contributed by atoms with Gasteiger partial charge in [0.05, 0.1) is 0 Å². The molecule has 0 saturated carbocycles. The van der Waals surface area contributed by atoms with E-state index in [1.165, 1.54) is 6.42 Å². The first-order chi connectivity index (χ1) is 2.91. The number of hydrogen-bond donors (Lipinski definition) is 1. The van der Waals surface area contributed by atoms with Crippen molar-refractivity contribution in [1.29, 1.82) is 0 Å². The third kappa shape index (κ3) is 15.7. The van der Waals surface area contributed by atoms with Crippen LogP contribution in [0.3, 0.4) is 0 Å². The van der Waals surface area contributed by atoms with E-state index in [0.717, 1.165) is 12.8 Å². The maximum absolute atomic E-state index is 8.20. The Hall–Kier alpha value is 1.02. The van der Waals surface area contributed by atoms with Crippen LogP contribution in [0.2, 0.25) is 0 Å². The maximum atomic E-state index is 8.20. The zero-order chi connectivity index (χ0) is 4.83. The van der Waals surface area contributed by atoms with Crippen LogP contribution in [0.15, 0.2) is 0 Å². The molecule has 0 bridgehead atoms. The molecule has 3 heteroatoms. The van der Waals surface area contributed by atoms with Gasteiger partial charge in [0, 0.05) is 6.61 Å². The Labute approximate surface area is 76.4 Å². The fourth-order valence-electron chi connectivity index (χ4n) is 0.362. The Kier molecular flexibility index (Phi) is 31.4. The summed E-state index contributed by atoms with van der Waals surface area (Å²) in [6.45, 7) is 2.48. The molecule has 0 unspecified atom stereocenters. The summed E-state index contributed by atoms with van der Waals surface area (Å²) in [6.07, 6.45) is 3.33. The van der Waals surface area contributed by atoms with Gasteiger partial charge in [0.15, 0.2) is 0 Å². The van der Waals surface area contributed by atoms with Gasteiger partial charge in [-0.3, -0.25) is 0 Å². The number of hydrogen-bond acceptors (Lipinski definition) is 1. The summed E-state index contributed by atoms with van der Waals surface area (Å²) in [5.74, 6) is 0. The van der Waals surface area contributed by atoms with Gasteiger partial charge in [-0.1, -0.05) is 19.8 Å². The molecule has 8 heavy (non-hydrogen) atoms. The van der Waals surface area contributed by atoms with Crippen LogP contribution in [0.5, 0.6) is 0 Å². The molecule has 0 aromatic carbocycles. The van der Waals surface area contributed by atoms with E-state index < -0.39 is 0 Å². The monoisotopic (exact) mass is 150 g/mol. The molecular formula is C5H15ClMgO. The van der Waals surface area contributed by atoms with Crippen LogP contribution in [0.4, 0.5) is 0 Å². The van der Waals surface area contributed by atoms with Crippen LogP contribution < -0.4 is 0 Å². The molecule has 0 atom stereocenters. The first-order valence-corrected chi connectivity index (χ1v) is 2.52. The quantitative estimate of drug-likeness (QED) is 0.477. The van der Waals surface area contributed by atoms with E-state index in [0.29, 0.717) is 6.61 Å². The molecule has 0 saturated heterocycles. The molecule has 0 aromatic rings. The van der Waals surface area contributed by atoms with Crippen molar-refractivity contribution >= 4 is 35.5 Å². The molecule has 0 spiro atoms. The average Bonchev–Trinajstić information content (AvgIpc) is 1.61. The van der Waals surface area contributed by atoms with Crippen molar-refractivity contribution in [2.45, 2.75) is 26.2 Å². The zero-order valence-electron chi connectivity index (χ0n) is 7.39. The normalized spacial score (nSPS) is 6.75. The van der Waals surface area contributed by atoms with Gasteiger partial charge in [-0.15, -0.1) is 12.4 Å². The molecule has 0 aromatic heterocycles. The third-order valence-corrected chi connectivity index (χ3v) is 0.762. The second kappa shape index (κ2) is 15.7. The van der Waals surface area contributed by atoms with Gasteiger partial charge in [-0.25, -0.2) is 0 Å². The van der Waals surface area contributed by atoms with Crippen LogP contribution in [0.25, 0.3) is 0 Å². The van der Waals surface area contributed by atoms with Crippen LogP contribution in [0.1, 0.15) is 29.0 Å². The summed E-state index contributed by atoms with van der Waals surface area (Å²) in [6, 6.07) is 0. The Morgan fingerprint density at radius 2 is 1.88 bits per heavy atom. The van der Waals surface area contributed by atoms with Crippen molar-refractivity contribution < 1.29 is 7.96 Å². The minimum Gasteiger partial charge on any atom is -1.00 e. The summed E-state index contributed by atoms with van der Waals surface area (Å²) in [7, 11) is 0. The van der Waals surface area contributed by atoms with E-state index in [-0.39, 0.29) is 38.3 Å². The van der Waals surface area contributed by atoms with Crippen LogP contribution in [-0.4, -0.2) is 34.8 Å². The van der Waals surface area contributed by atoms with Gasteiger partial charge >= 0.3 is 23.1 Å². The fraction of sp³-hybridized carbons (Fsp3) is 1.00. The number of rotatable bonds is 3. The van der Waals surface area contributed by atoms with E-state index in [1.54, 1.807) is 0 Å². The molecule has 0 aliphatic rings. The van der Waals surface area contributed by atoms with Gasteiger partial charge in [-0.2, -0.15) is 0 Å². The maximum Gasteiger partial charge on any atom is 2.00 e. The van der Waals surface area contributed by atoms with Crippen molar-refractivity contribution in [3.05, 3.63) is 0 Å². The van der Waals surface area contributed by atoms with Gasteiger partial charge in [-0.05, 0) is 6.42 Å². The van der Waals surface area contributed by atoms with E-state index in [2.05, 4.69) is 6.92 Å². The van der Waals surface area contributed by atoms with Gasteiger partial charge in [0.2, 0.25) is 0 Å². The van der Waals surface area contributed by atoms with Crippen molar-refractivity contribution in [2.75, 3.05) is 6.61 Å². The van der Waals surface area contributed by atoms with E-state index in [9.17, 15) is 0 Å². The molecule has 0 radical (unpaired) electrons. The first kappa shape index (κ1) is 16.0. The molecule has 0 amide bonds. The first-order valence-electron chi connectivity index (χ1n) is 2.52. The van der Waals surface area contributed by atoms with Crippen molar-refractivity contribution in [1.82, 2.24) is 0 Å². The van der Waals surface area contributed by atoms with Crippen molar-refractivity contribution in [3.63, 3.8) is 0 Å². The smallest absolute Gasteiger partial charge is 1.00 e. The number of aliphatic hydroxyl groups excluding tert-OH is 1. The predicted molar refractivity (Wildman–Crippen MR) is 41.8 cm³/mol. The van der Waals surface area contributed by atoms with Crippen molar-refractivity contribution in [3.8, 4) is 0 Å². The fourth-order valence-corrected chi connectivity index (χ4v) is 0.362. The third-order valence-electron chi connectivity index (χ3n) is 0.762. The molecule has 0 aliphatic heterocycles. The topological polar surface area (TPSA) is 20.2 Å². The summed E-state index contributed by atoms with van der Waals surface area (Å²) in [5, 5.41) is 8.20. The van der Waals surface area contributed by atoms with E-state index in [1.807, 2.05) is 0 Å². The molecule has 1 nitrogen and oxygen atoms in total. The van der Waals surface area contributed by atoms with E-state index in [4.69, 9.17) is 5.11 Å². The van der Waals surface area contributed by atoms with Gasteiger partial charge in [0.25, 0.3) is 0 Å². The Morgan fingerprint density at radius 3 is 2.00 bits per heavy atom. The summed E-state index contributed by atoms with van der Waals surface area (Å²) in [4.78, 5) is 0. The Bertz CT molecular complexity index is 31.6. The molecule has 0 aliphatic carbocycles. The molecule has 50 valence electrons. The standard InChI is InChI=1S/C5H12O.ClH.Mg.2H/c1-2-3-4-5-6;;;;/h6H,2-5H2,1H3;1H;;;/q;;+2;2*-1. The summed E-state index contributed by atoms with van der Waals surface area (Å²) >= 11 is 0. The second-order valence-corrected chi connectivity index (χ2v) is 1.43. The summed E-state index contributed by atoms with van der Waals surface area (Å²) < 4.78 is 0. The number of unbranched alkanes of at least 4 members (excludes halogenated alkanes) is 2. The minimum atomic E-state index is 0.